The van der Waals surface area contributed by atoms with Gasteiger partial charge in [-0.15, -0.1) is 0 Å². The average Bonchev–Trinajstić information content (AvgIpc) is 1.87. The molecule has 0 spiro atoms. The van der Waals surface area contributed by atoms with Gasteiger partial charge in [-0.2, -0.15) is 0 Å². The summed E-state index contributed by atoms with van der Waals surface area (Å²) in [6, 6.07) is 0. The summed E-state index contributed by atoms with van der Waals surface area (Å²) in [5.74, 6) is 1.56. The molecule has 0 aromatic rings. The first-order valence-electron chi connectivity index (χ1n) is 4.21. The number of halogens is 2. The molecule has 0 radical (unpaired) electrons. The van der Waals surface area contributed by atoms with Crippen LogP contribution in [0.1, 0.15) is 27.7 Å². The molecule has 0 aliphatic carbocycles. The second kappa shape index (κ2) is 12.3. The molecule has 74 valence electrons. The molecule has 1 nitrogen and oxygen atoms in total. The number of nitrogens with one attached hydrogen (secondary N) is 1. The second-order valence-corrected chi connectivity index (χ2v) is 6.10. The molecule has 0 fully saturated rings. The molecule has 4 heteroatoms. The van der Waals surface area contributed by atoms with E-state index in [4.69, 9.17) is 18.6 Å². The third-order valence-corrected chi connectivity index (χ3v) is 1.11. The Hall–Kier alpha value is 1.25. The molecule has 0 amide bonds. The Labute approximate surface area is 93.3 Å². The molecule has 0 atom stereocenters. The van der Waals surface area contributed by atoms with Crippen molar-refractivity contribution in [3.63, 3.8) is 0 Å². The summed E-state index contributed by atoms with van der Waals surface area (Å²) < 4.78 is 0. The molecule has 0 heterocycles. The van der Waals surface area contributed by atoms with Gasteiger partial charge in [0.25, 0.3) is 0 Å². The fourth-order valence-corrected chi connectivity index (χ4v) is 0.661. The zero-order chi connectivity index (χ0) is 9.98. The number of hydrogen-bond acceptors (Lipinski definition) is 1. The van der Waals surface area contributed by atoms with Crippen molar-refractivity contribution in [2.24, 2.45) is 11.8 Å². The maximum atomic E-state index is 4.89. The van der Waals surface area contributed by atoms with E-state index in [1.807, 2.05) is 0 Å². The van der Waals surface area contributed by atoms with Crippen molar-refractivity contribution in [1.29, 1.82) is 0 Å². The summed E-state index contributed by atoms with van der Waals surface area (Å²) >= 11 is -0.556. The Morgan fingerprint density at radius 2 is 1.25 bits per heavy atom. The molecule has 12 heavy (non-hydrogen) atoms. The van der Waals surface area contributed by atoms with Crippen LogP contribution < -0.4 is 5.32 Å². The van der Waals surface area contributed by atoms with Gasteiger partial charge in [-0.1, -0.05) is 27.7 Å². The predicted molar refractivity (Wildman–Crippen MR) is 54.3 cm³/mol. The first-order valence-corrected chi connectivity index (χ1v) is 8.51. The summed E-state index contributed by atoms with van der Waals surface area (Å²) in [5, 5.41) is 3.38. The van der Waals surface area contributed by atoms with Gasteiger partial charge in [-0.05, 0) is 24.9 Å². The number of hydrogen-bond donors (Lipinski definition) is 1. The Morgan fingerprint density at radius 3 is 1.42 bits per heavy atom. The van der Waals surface area contributed by atoms with E-state index in [1.54, 1.807) is 0 Å². The van der Waals surface area contributed by atoms with E-state index < -0.39 is 17.0 Å². The van der Waals surface area contributed by atoms with Crippen molar-refractivity contribution in [3.8, 4) is 0 Å². The Balaban J connectivity index is 0. The van der Waals surface area contributed by atoms with Crippen molar-refractivity contribution in [2.75, 3.05) is 13.1 Å². The van der Waals surface area contributed by atoms with Crippen molar-refractivity contribution in [1.82, 2.24) is 5.32 Å². The summed E-state index contributed by atoms with van der Waals surface area (Å²) in [7, 11) is 9.78. The van der Waals surface area contributed by atoms with E-state index in [0.29, 0.717) is 0 Å². The van der Waals surface area contributed by atoms with Crippen LogP contribution >= 0.6 is 18.6 Å². The summed E-state index contributed by atoms with van der Waals surface area (Å²) in [6.45, 7) is 11.2. The van der Waals surface area contributed by atoms with E-state index in [-0.39, 0.29) is 0 Å². The molecule has 0 saturated carbocycles. The van der Waals surface area contributed by atoms with E-state index in [0.717, 1.165) is 24.9 Å². The van der Waals surface area contributed by atoms with Crippen LogP contribution in [-0.4, -0.2) is 13.1 Å². The van der Waals surface area contributed by atoms with Crippen molar-refractivity contribution in [2.45, 2.75) is 27.7 Å². The molecule has 0 rings (SSSR count). The molecule has 0 aromatic heterocycles. The quantitative estimate of drug-likeness (QED) is 0.753. The van der Waals surface area contributed by atoms with Gasteiger partial charge in [0.2, 0.25) is 0 Å². The molecular weight excluding hydrogens is 229 g/mol. The Morgan fingerprint density at radius 1 is 1.00 bits per heavy atom. The molecule has 0 unspecified atom stereocenters. The van der Waals surface area contributed by atoms with E-state index >= 15 is 0 Å². The molecule has 0 aliphatic heterocycles. The first kappa shape index (κ1) is 15.7. The van der Waals surface area contributed by atoms with Gasteiger partial charge < -0.3 is 5.32 Å². The zero-order valence-corrected chi connectivity index (χ0v) is 11.4. The van der Waals surface area contributed by atoms with Crippen LogP contribution in [0.25, 0.3) is 0 Å². The predicted octanol–water partition coefficient (Wildman–Crippen LogP) is 3.26. The van der Waals surface area contributed by atoms with Gasteiger partial charge >= 0.3 is 35.6 Å². The van der Waals surface area contributed by atoms with Crippen LogP contribution in [0.3, 0.4) is 0 Å². The molecule has 0 bridgehead atoms. The van der Waals surface area contributed by atoms with Gasteiger partial charge in [0.15, 0.2) is 0 Å². The van der Waals surface area contributed by atoms with Crippen molar-refractivity contribution in [3.05, 3.63) is 0 Å². The van der Waals surface area contributed by atoms with E-state index in [2.05, 4.69) is 33.0 Å². The molecule has 0 aliphatic rings. The molecule has 1 N–H and O–H groups in total. The van der Waals surface area contributed by atoms with Crippen molar-refractivity contribution < 1.29 is 17.0 Å². The van der Waals surface area contributed by atoms with Crippen LogP contribution in [0.4, 0.5) is 0 Å². The van der Waals surface area contributed by atoms with E-state index in [9.17, 15) is 0 Å². The standard InChI is InChI=1S/C8H19N.2ClH.Ti/c1-7(2)5-9-6-8(3)4;;;/h7-9H,5-6H2,1-4H3;2*1H;/q;;;+2/p-2. The van der Waals surface area contributed by atoms with Gasteiger partial charge in [-0.3, -0.25) is 0 Å². The molecule has 0 saturated heterocycles. The third-order valence-electron chi connectivity index (χ3n) is 1.11. The van der Waals surface area contributed by atoms with Crippen molar-refractivity contribution >= 4 is 18.6 Å². The average molecular weight is 248 g/mol. The second-order valence-electron chi connectivity index (χ2n) is 3.52. The summed E-state index contributed by atoms with van der Waals surface area (Å²) in [5.41, 5.74) is 0. The zero-order valence-electron chi connectivity index (χ0n) is 8.32. The van der Waals surface area contributed by atoms with E-state index in [1.165, 1.54) is 0 Å². The first-order chi connectivity index (χ1) is 5.54. The summed E-state index contributed by atoms with van der Waals surface area (Å²) in [4.78, 5) is 0. The third kappa shape index (κ3) is 22.5. The van der Waals surface area contributed by atoms with Gasteiger partial charge in [0, 0.05) is 0 Å². The van der Waals surface area contributed by atoms with Crippen LogP contribution in [0.2, 0.25) is 0 Å². The Kier molecular flexibility index (Phi) is 16.0. The van der Waals surface area contributed by atoms with Gasteiger partial charge in [0.05, 0.1) is 0 Å². The molecule has 0 aromatic carbocycles. The number of rotatable bonds is 4. The minimum absolute atomic E-state index is 0.556. The SMILES string of the molecule is CC(C)CNCC(C)C.[Cl][Ti][Cl]. The fraction of sp³-hybridized carbons (Fsp3) is 1.00. The summed E-state index contributed by atoms with van der Waals surface area (Å²) in [6.07, 6.45) is 0. The normalized spacial score (nSPS) is 9.67. The van der Waals surface area contributed by atoms with Crippen LogP contribution in [0.5, 0.6) is 0 Å². The van der Waals surface area contributed by atoms with Crippen LogP contribution in [0, 0.1) is 11.8 Å². The topological polar surface area (TPSA) is 12.0 Å². The van der Waals surface area contributed by atoms with Gasteiger partial charge in [-0.25, -0.2) is 0 Å². The minimum atomic E-state index is -0.556. The van der Waals surface area contributed by atoms with Crippen LogP contribution in [-0.2, 0) is 17.0 Å². The van der Waals surface area contributed by atoms with Crippen LogP contribution in [0.15, 0.2) is 0 Å². The fourth-order valence-electron chi connectivity index (χ4n) is 0.661. The maximum absolute atomic E-state index is 4.89. The molecular formula is C8H19Cl2NTi. The Bertz CT molecular complexity index is 71.5. The monoisotopic (exact) mass is 247 g/mol. The van der Waals surface area contributed by atoms with Gasteiger partial charge in [0.1, 0.15) is 0 Å².